The number of rotatable bonds is 30. The van der Waals surface area contributed by atoms with E-state index in [2.05, 4.69) is 30.7 Å². The standard InChI is InChI=1S/2C19H36O3/c1-3-4-5-12-15-18(20)16-13-10-8-6-7-9-11-14-17(2)19(21)22;1-3-4-5-6-7-8-9-10-11-12-13-14-15-16-17-18(20)19(21)22-2/h10,13,17-18,20H,3-9,11-12,14-16H2,1-2H3,(H,21,22);17,20H,3-16H2,1-2H3/b13-10-;/t17?,18-;/m1./s1. The van der Waals surface area contributed by atoms with Gasteiger partial charge < -0.3 is 20.1 Å². The van der Waals surface area contributed by atoms with Gasteiger partial charge in [-0.25, -0.2) is 4.79 Å². The molecule has 0 aromatic carbocycles. The maximum Gasteiger partial charge on any atom is 0.372 e. The van der Waals surface area contributed by atoms with Crippen LogP contribution in [0.4, 0.5) is 0 Å². The summed E-state index contributed by atoms with van der Waals surface area (Å²) in [5, 5.41) is 27.9. The zero-order chi connectivity index (χ0) is 33.1. The number of unbranched alkanes of at least 4 members (excludes halogenated alkanes) is 20. The van der Waals surface area contributed by atoms with Crippen LogP contribution in [0, 0.1) is 5.92 Å². The first-order chi connectivity index (χ1) is 21.3. The number of ether oxygens (including phenoxy) is 1. The zero-order valence-electron chi connectivity index (χ0n) is 29.3. The predicted molar refractivity (Wildman–Crippen MR) is 186 cm³/mol. The molecule has 2 atom stereocenters. The third-order valence-corrected chi connectivity index (χ3v) is 8.19. The molecule has 0 saturated heterocycles. The minimum atomic E-state index is -0.684. The highest BCUT2D eigenvalue weighted by Crippen LogP contribution is 2.14. The van der Waals surface area contributed by atoms with Gasteiger partial charge in [0.05, 0.1) is 19.1 Å². The number of carbonyl (C=O) groups excluding carboxylic acids is 1. The Hall–Kier alpha value is -1.82. The normalized spacial score (nSPS) is 13.0. The van der Waals surface area contributed by atoms with Crippen LogP contribution in [0.2, 0.25) is 0 Å². The van der Waals surface area contributed by atoms with E-state index < -0.39 is 11.9 Å². The molecular formula is C38H72O6. The largest absolute Gasteiger partial charge is 0.502 e. The first-order valence-electron chi connectivity index (χ1n) is 18.3. The van der Waals surface area contributed by atoms with Crippen molar-refractivity contribution in [3.8, 4) is 0 Å². The van der Waals surface area contributed by atoms with Gasteiger partial charge in [-0.15, -0.1) is 0 Å². The molecule has 0 aliphatic carbocycles. The molecule has 0 rings (SSSR count). The van der Waals surface area contributed by atoms with E-state index in [-0.39, 0.29) is 17.8 Å². The van der Waals surface area contributed by atoms with Crippen LogP contribution in [0.3, 0.4) is 0 Å². The predicted octanol–water partition coefficient (Wildman–Crippen LogP) is 11.4. The number of aliphatic hydroxyl groups is 2. The number of methoxy groups -OCH3 is 1. The monoisotopic (exact) mass is 625 g/mol. The number of carbonyl (C=O) groups is 2. The number of aliphatic carboxylic acids is 1. The first-order valence-corrected chi connectivity index (χ1v) is 18.3. The zero-order valence-corrected chi connectivity index (χ0v) is 29.3. The first kappa shape index (κ1) is 44.3. The van der Waals surface area contributed by atoms with Crippen LogP contribution in [-0.2, 0) is 14.3 Å². The Balaban J connectivity index is 0. The average Bonchev–Trinajstić information content (AvgIpc) is 3.02. The quantitative estimate of drug-likeness (QED) is 0.0241. The third-order valence-electron chi connectivity index (χ3n) is 8.19. The molecule has 0 heterocycles. The van der Waals surface area contributed by atoms with Gasteiger partial charge in [-0.05, 0) is 51.0 Å². The molecule has 1 unspecified atom stereocenters. The molecule has 0 fully saturated rings. The number of carboxylic acids is 1. The number of carboxylic acid groups (broad SMARTS) is 1. The topological polar surface area (TPSA) is 104 Å². The van der Waals surface area contributed by atoms with E-state index in [9.17, 15) is 19.8 Å². The van der Waals surface area contributed by atoms with E-state index in [0.717, 1.165) is 70.6 Å². The second kappa shape index (κ2) is 35.7. The second-order valence-corrected chi connectivity index (χ2v) is 12.6. The minimum Gasteiger partial charge on any atom is -0.502 e. The van der Waals surface area contributed by atoms with Crippen molar-refractivity contribution in [3.63, 3.8) is 0 Å². The summed E-state index contributed by atoms with van der Waals surface area (Å²) in [5.41, 5.74) is 0. The Bertz CT molecular complexity index is 687. The van der Waals surface area contributed by atoms with E-state index in [4.69, 9.17) is 5.11 Å². The molecule has 6 heteroatoms. The number of allylic oxidation sites excluding steroid dienone is 2. The second-order valence-electron chi connectivity index (χ2n) is 12.6. The summed E-state index contributed by atoms with van der Waals surface area (Å²) in [7, 11) is 1.28. The summed E-state index contributed by atoms with van der Waals surface area (Å²) >= 11 is 0. The van der Waals surface area contributed by atoms with Gasteiger partial charge in [-0.1, -0.05) is 155 Å². The van der Waals surface area contributed by atoms with E-state index in [0.29, 0.717) is 0 Å². The maximum absolute atomic E-state index is 10.9. The van der Waals surface area contributed by atoms with Crippen LogP contribution in [0.1, 0.15) is 188 Å². The van der Waals surface area contributed by atoms with Crippen molar-refractivity contribution in [2.45, 2.75) is 194 Å². The van der Waals surface area contributed by atoms with E-state index in [1.54, 1.807) is 13.0 Å². The van der Waals surface area contributed by atoms with Crippen molar-refractivity contribution >= 4 is 11.9 Å². The maximum atomic E-state index is 10.9. The van der Waals surface area contributed by atoms with Gasteiger partial charge in [0.15, 0.2) is 5.76 Å². The molecule has 260 valence electrons. The molecule has 3 N–H and O–H groups in total. The van der Waals surface area contributed by atoms with Crippen molar-refractivity contribution in [2.75, 3.05) is 7.11 Å². The number of hydrogen-bond donors (Lipinski definition) is 3. The van der Waals surface area contributed by atoms with Crippen LogP contribution < -0.4 is 0 Å². The number of aliphatic hydroxyl groups excluding tert-OH is 2. The molecule has 0 aliphatic rings. The highest BCUT2D eigenvalue weighted by molar-refractivity contribution is 5.85. The van der Waals surface area contributed by atoms with Gasteiger partial charge in [0, 0.05) is 0 Å². The van der Waals surface area contributed by atoms with Crippen molar-refractivity contribution in [3.05, 3.63) is 24.0 Å². The summed E-state index contributed by atoms with van der Waals surface area (Å²) in [4.78, 5) is 21.6. The molecule has 0 amide bonds. The van der Waals surface area contributed by atoms with Crippen molar-refractivity contribution < 1.29 is 29.6 Å². The molecule has 6 nitrogen and oxygen atoms in total. The van der Waals surface area contributed by atoms with Crippen LogP contribution in [0.15, 0.2) is 24.0 Å². The summed E-state index contributed by atoms with van der Waals surface area (Å²) < 4.78 is 4.42. The molecule has 0 aromatic heterocycles. The summed E-state index contributed by atoms with van der Waals surface area (Å²) in [6.07, 6.45) is 36.5. The Morgan fingerprint density at radius 2 is 1.05 bits per heavy atom. The van der Waals surface area contributed by atoms with Crippen LogP contribution in [0.5, 0.6) is 0 Å². The van der Waals surface area contributed by atoms with Gasteiger partial charge in [0.25, 0.3) is 0 Å². The Morgan fingerprint density at radius 3 is 1.55 bits per heavy atom. The smallest absolute Gasteiger partial charge is 0.372 e. The Morgan fingerprint density at radius 1 is 0.614 bits per heavy atom. The van der Waals surface area contributed by atoms with Gasteiger partial charge >= 0.3 is 11.9 Å². The summed E-state index contributed by atoms with van der Waals surface area (Å²) in [6, 6.07) is 0. The van der Waals surface area contributed by atoms with Crippen molar-refractivity contribution in [2.24, 2.45) is 5.92 Å². The Labute approximate surface area is 272 Å². The fourth-order valence-corrected chi connectivity index (χ4v) is 5.07. The molecule has 0 saturated carbocycles. The van der Waals surface area contributed by atoms with Crippen molar-refractivity contribution in [1.82, 2.24) is 0 Å². The average molecular weight is 625 g/mol. The van der Waals surface area contributed by atoms with E-state index in [1.807, 2.05) is 0 Å². The van der Waals surface area contributed by atoms with E-state index >= 15 is 0 Å². The molecule has 0 spiro atoms. The molecular weight excluding hydrogens is 552 g/mol. The molecule has 0 bridgehead atoms. The third kappa shape index (κ3) is 34.7. The SMILES string of the molecule is CCCCCCCCCCCCCCCC=C(O)C(=O)OC.CCCCCC[C@@H](O)C/C=C\CCCCCCC(C)C(=O)O. The lowest BCUT2D eigenvalue weighted by Gasteiger charge is -2.07. The number of esters is 1. The molecule has 44 heavy (non-hydrogen) atoms. The van der Waals surface area contributed by atoms with Gasteiger partial charge in [0.2, 0.25) is 0 Å². The lowest BCUT2D eigenvalue weighted by molar-refractivity contribution is -0.141. The van der Waals surface area contributed by atoms with Crippen LogP contribution >= 0.6 is 0 Å². The van der Waals surface area contributed by atoms with Crippen LogP contribution in [0.25, 0.3) is 0 Å². The summed E-state index contributed by atoms with van der Waals surface area (Å²) in [5.74, 6) is -1.80. The van der Waals surface area contributed by atoms with Crippen LogP contribution in [-0.4, -0.2) is 40.5 Å². The summed E-state index contributed by atoms with van der Waals surface area (Å²) in [6.45, 7) is 6.24. The van der Waals surface area contributed by atoms with Gasteiger partial charge in [0.1, 0.15) is 0 Å². The van der Waals surface area contributed by atoms with Gasteiger partial charge in [-0.2, -0.15) is 0 Å². The Kier molecular flexibility index (Phi) is 35.9. The highest BCUT2D eigenvalue weighted by atomic mass is 16.5. The molecule has 0 aliphatic heterocycles. The lowest BCUT2D eigenvalue weighted by atomic mass is 10.0. The van der Waals surface area contributed by atoms with Crippen molar-refractivity contribution in [1.29, 1.82) is 0 Å². The highest BCUT2D eigenvalue weighted by Gasteiger charge is 2.09. The minimum absolute atomic E-state index is 0.175. The van der Waals surface area contributed by atoms with Gasteiger partial charge in [-0.3, -0.25) is 4.79 Å². The molecule has 0 aromatic rings. The van der Waals surface area contributed by atoms with E-state index in [1.165, 1.54) is 103 Å². The lowest BCUT2D eigenvalue weighted by Crippen LogP contribution is -2.08. The molecule has 0 radical (unpaired) electrons. The fraction of sp³-hybridized carbons (Fsp3) is 0.842. The fourth-order valence-electron chi connectivity index (χ4n) is 5.07. The number of hydrogen-bond acceptors (Lipinski definition) is 5.